The molecule has 0 saturated carbocycles. The molecule has 1 aromatic rings. The van der Waals surface area contributed by atoms with E-state index in [1.54, 1.807) is 24.1 Å². The molecule has 0 fully saturated rings. The van der Waals surface area contributed by atoms with Crippen LogP contribution >= 0.6 is 0 Å². The van der Waals surface area contributed by atoms with Gasteiger partial charge in [-0.2, -0.15) is 13.2 Å². The van der Waals surface area contributed by atoms with Crippen LogP contribution in [0.1, 0.15) is 12.0 Å². The molecule has 0 bridgehead atoms. The maximum atomic E-state index is 12.4. The van der Waals surface area contributed by atoms with Crippen molar-refractivity contribution in [2.45, 2.75) is 25.1 Å². The van der Waals surface area contributed by atoms with Crippen LogP contribution in [-0.4, -0.2) is 62.0 Å². The highest BCUT2D eigenvalue weighted by molar-refractivity contribution is 5.96. The predicted molar refractivity (Wildman–Crippen MR) is 83.2 cm³/mol. The molecule has 1 amide bonds. The molecule has 8 heteroatoms. The molecule has 134 valence electrons. The lowest BCUT2D eigenvalue weighted by Gasteiger charge is -2.31. The van der Waals surface area contributed by atoms with E-state index in [1.165, 1.54) is 11.9 Å². The summed E-state index contributed by atoms with van der Waals surface area (Å²) in [6, 6.07) is 5.41. The molecule has 0 radical (unpaired) electrons. The number of likely N-dealkylation sites (N-methyl/N-ethyl adjacent to an activating group) is 1. The van der Waals surface area contributed by atoms with Crippen molar-refractivity contribution in [1.82, 2.24) is 4.90 Å². The van der Waals surface area contributed by atoms with Gasteiger partial charge in [-0.15, -0.1) is 0 Å². The van der Waals surface area contributed by atoms with Gasteiger partial charge in [0, 0.05) is 18.8 Å². The number of aryl methyl sites for hydroxylation is 1. The number of halogens is 3. The first-order valence-electron chi connectivity index (χ1n) is 7.63. The summed E-state index contributed by atoms with van der Waals surface area (Å²) in [5, 5.41) is 9.09. The number of aliphatic hydroxyl groups is 1. The number of methoxy groups -OCH3 is 1. The van der Waals surface area contributed by atoms with Crippen molar-refractivity contribution in [3.05, 3.63) is 23.8 Å². The lowest BCUT2D eigenvalue weighted by Crippen LogP contribution is -2.45. The first-order valence-corrected chi connectivity index (χ1v) is 7.63. The van der Waals surface area contributed by atoms with E-state index in [1.807, 2.05) is 6.07 Å². The summed E-state index contributed by atoms with van der Waals surface area (Å²) in [6.45, 7) is -0.314. The van der Waals surface area contributed by atoms with E-state index in [0.29, 0.717) is 12.3 Å². The zero-order valence-electron chi connectivity index (χ0n) is 13.6. The van der Waals surface area contributed by atoms with Gasteiger partial charge in [0.15, 0.2) is 6.10 Å². The summed E-state index contributed by atoms with van der Waals surface area (Å²) < 4.78 is 42.3. The normalized spacial score (nSPS) is 16.0. The first kappa shape index (κ1) is 18.5. The molecule has 1 heterocycles. The molecule has 1 aromatic carbocycles. The SMILES string of the molecule is COc1ccc2c(c1)CCCN2C(=O)CN(C)CC(O)C(F)(F)F. The Morgan fingerprint density at radius 2 is 2.17 bits per heavy atom. The molecule has 0 saturated heterocycles. The Balaban J connectivity index is 2.04. The number of hydrogen-bond acceptors (Lipinski definition) is 4. The molecule has 0 aliphatic carbocycles. The maximum Gasteiger partial charge on any atom is 0.415 e. The second kappa shape index (κ2) is 7.40. The molecule has 1 aliphatic rings. The van der Waals surface area contributed by atoms with Crippen LogP contribution in [0.25, 0.3) is 0 Å². The van der Waals surface area contributed by atoms with Crippen molar-refractivity contribution in [1.29, 1.82) is 0 Å². The zero-order chi connectivity index (χ0) is 17.9. The highest BCUT2D eigenvalue weighted by Crippen LogP contribution is 2.30. The van der Waals surface area contributed by atoms with E-state index < -0.39 is 18.8 Å². The van der Waals surface area contributed by atoms with Crippen LogP contribution in [0.15, 0.2) is 18.2 Å². The zero-order valence-corrected chi connectivity index (χ0v) is 13.6. The summed E-state index contributed by atoms with van der Waals surface area (Å²) >= 11 is 0. The van der Waals surface area contributed by atoms with Crippen molar-refractivity contribution in [2.24, 2.45) is 0 Å². The van der Waals surface area contributed by atoms with Gasteiger partial charge >= 0.3 is 6.18 Å². The number of nitrogens with zero attached hydrogens (tertiary/aromatic N) is 2. The average molecular weight is 346 g/mol. The third kappa shape index (κ3) is 4.39. The number of aliphatic hydroxyl groups excluding tert-OH is 1. The van der Waals surface area contributed by atoms with E-state index in [4.69, 9.17) is 9.84 Å². The van der Waals surface area contributed by atoms with E-state index in [0.717, 1.165) is 24.1 Å². The van der Waals surface area contributed by atoms with Gasteiger partial charge in [0.2, 0.25) is 5.91 Å². The second-order valence-corrected chi connectivity index (χ2v) is 5.90. The molecule has 1 aliphatic heterocycles. The topological polar surface area (TPSA) is 53.0 Å². The third-order valence-corrected chi connectivity index (χ3v) is 3.97. The third-order valence-electron chi connectivity index (χ3n) is 3.97. The predicted octanol–water partition coefficient (Wildman–Crippen LogP) is 1.83. The number of hydrogen-bond donors (Lipinski definition) is 1. The van der Waals surface area contributed by atoms with Gasteiger partial charge in [0.05, 0.1) is 13.7 Å². The molecule has 1 unspecified atom stereocenters. The summed E-state index contributed by atoms with van der Waals surface area (Å²) in [4.78, 5) is 15.2. The van der Waals surface area contributed by atoms with Gasteiger partial charge < -0.3 is 14.7 Å². The quantitative estimate of drug-likeness (QED) is 0.884. The van der Waals surface area contributed by atoms with Gasteiger partial charge in [-0.1, -0.05) is 0 Å². The smallest absolute Gasteiger partial charge is 0.415 e. The van der Waals surface area contributed by atoms with Gasteiger partial charge in [-0.3, -0.25) is 9.69 Å². The van der Waals surface area contributed by atoms with Crippen molar-refractivity contribution >= 4 is 11.6 Å². The van der Waals surface area contributed by atoms with Gasteiger partial charge in [0.1, 0.15) is 5.75 Å². The maximum absolute atomic E-state index is 12.4. The minimum atomic E-state index is -4.69. The van der Waals surface area contributed by atoms with Gasteiger partial charge in [-0.05, 0) is 43.7 Å². The Bertz CT molecular complexity index is 592. The number of benzene rings is 1. The van der Waals surface area contributed by atoms with Crippen LogP contribution in [0.3, 0.4) is 0 Å². The number of fused-ring (bicyclic) bond motifs is 1. The van der Waals surface area contributed by atoms with Gasteiger partial charge in [-0.25, -0.2) is 0 Å². The lowest BCUT2D eigenvalue weighted by molar-refractivity contribution is -0.207. The van der Waals surface area contributed by atoms with Gasteiger partial charge in [0.25, 0.3) is 0 Å². The summed E-state index contributed by atoms with van der Waals surface area (Å²) in [6.07, 6.45) is -5.56. The van der Waals surface area contributed by atoms with Crippen molar-refractivity contribution in [3.63, 3.8) is 0 Å². The molecule has 0 aromatic heterocycles. The summed E-state index contributed by atoms with van der Waals surface area (Å²) in [7, 11) is 2.94. The Labute approximate surface area is 138 Å². The molecule has 2 rings (SSSR count). The Kier molecular flexibility index (Phi) is 5.71. The summed E-state index contributed by atoms with van der Waals surface area (Å²) in [5.74, 6) is 0.409. The van der Waals surface area contributed by atoms with Crippen molar-refractivity contribution in [2.75, 3.05) is 38.7 Å². The molecule has 5 nitrogen and oxygen atoms in total. The Morgan fingerprint density at radius 3 is 2.79 bits per heavy atom. The monoisotopic (exact) mass is 346 g/mol. The Hall–Kier alpha value is -1.80. The lowest BCUT2D eigenvalue weighted by atomic mass is 10.0. The fourth-order valence-electron chi connectivity index (χ4n) is 2.74. The number of ether oxygens (including phenoxy) is 1. The number of rotatable bonds is 5. The highest BCUT2D eigenvalue weighted by Gasteiger charge is 2.39. The molecule has 24 heavy (non-hydrogen) atoms. The van der Waals surface area contributed by atoms with E-state index >= 15 is 0 Å². The van der Waals surface area contributed by atoms with Crippen LogP contribution in [0.5, 0.6) is 5.75 Å². The van der Waals surface area contributed by atoms with Crippen LogP contribution < -0.4 is 9.64 Å². The number of carbonyl (C=O) groups is 1. The number of alkyl halides is 3. The molecule has 1 atom stereocenters. The van der Waals surface area contributed by atoms with Crippen molar-refractivity contribution < 1.29 is 27.8 Å². The fourth-order valence-corrected chi connectivity index (χ4v) is 2.74. The molecular weight excluding hydrogens is 325 g/mol. The standard InChI is InChI=1S/C16H21F3N2O3/c1-20(9-14(22)16(17,18)19)10-15(23)21-7-3-4-11-8-12(24-2)5-6-13(11)21/h5-6,8,14,22H,3-4,7,9-10H2,1-2H3. The minimum absolute atomic E-state index is 0.196. The van der Waals surface area contributed by atoms with E-state index in [9.17, 15) is 18.0 Å². The average Bonchev–Trinajstić information content (AvgIpc) is 2.52. The highest BCUT2D eigenvalue weighted by atomic mass is 19.4. The molecule has 1 N–H and O–H groups in total. The van der Waals surface area contributed by atoms with Crippen LogP contribution in [-0.2, 0) is 11.2 Å². The summed E-state index contributed by atoms with van der Waals surface area (Å²) in [5.41, 5.74) is 1.74. The van der Waals surface area contributed by atoms with E-state index in [-0.39, 0.29) is 12.5 Å². The largest absolute Gasteiger partial charge is 0.497 e. The number of amides is 1. The fraction of sp³-hybridized carbons (Fsp3) is 0.562. The first-order chi connectivity index (χ1) is 11.2. The van der Waals surface area contributed by atoms with Crippen LogP contribution in [0, 0.1) is 0 Å². The molecule has 0 spiro atoms. The van der Waals surface area contributed by atoms with Crippen LogP contribution in [0.2, 0.25) is 0 Å². The Morgan fingerprint density at radius 1 is 1.46 bits per heavy atom. The second-order valence-electron chi connectivity index (χ2n) is 5.90. The van der Waals surface area contributed by atoms with Crippen molar-refractivity contribution in [3.8, 4) is 5.75 Å². The minimum Gasteiger partial charge on any atom is -0.497 e. The number of carbonyl (C=O) groups excluding carboxylic acids is 1. The number of anilines is 1. The van der Waals surface area contributed by atoms with E-state index in [2.05, 4.69) is 0 Å². The molecular formula is C16H21F3N2O3. The van der Waals surface area contributed by atoms with Crippen LogP contribution in [0.4, 0.5) is 18.9 Å².